The quantitative estimate of drug-likeness (QED) is 0.606. The number of nitrogens with zero attached hydrogens (tertiary/aromatic N) is 1. The average molecular weight is 299 g/mol. The van der Waals surface area contributed by atoms with Crippen molar-refractivity contribution >= 4 is 10.9 Å². The summed E-state index contributed by atoms with van der Waals surface area (Å²) in [5.41, 5.74) is 1.08. The largest absolute Gasteiger partial charge is 0.618 e. The number of hydrogen-bond donors (Lipinski definition) is 0. The van der Waals surface area contributed by atoms with Crippen LogP contribution in [0.1, 0.15) is 46.5 Å². The molecule has 1 aromatic carbocycles. The van der Waals surface area contributed by atoms with Gasteiger partial charge in [0.2, 0.25) is 5.52 Å². The molecule has 1 saturated carbocycles. The summed E-state index contributed by atoms with van der Waals surface area (Å²) in [7, 11) is 0. The lowest BCUT2D eigenvalue weighted by Crippen LogP contribution is -2.30. The van der Waals surface area contributed by atoms with Crippen molar-refractivity contribution in [3.05, 3.63) is 41.7 Å². The number of rotatable bonds is 2. The zero-order chi connectivity index (χ0) is 15.7. The molecule has 1 heterocycles. The van der Waals surface area contributed by atoms with E-state index in [-0.39, 0.29) is 0 Å². The van der Waals surface area contributed by atoms with E-state index in [1.165, 1.54) is 19.0 Å². The maximum atomic E-state index is 11.7. The smallest absolute Gasteiger partial charge is 0.223 e. The molecule has 3 rings (SSSR count). The molecule has 3 heteroatoms. The highest BCUT2D eigenvalue weighted by atomic mass is 16.5. The Morgan fingerprint density at radius 2 is 1.82 bits per heavy atom. The van der Waals surface area contributed by atoms with Crippen LogP contribution in [0.3, 0.4) is 0 Å². The Hall–Kier alpha value is -1.77. The van der Waals surface area contributed by atoms with Gasteiger partial charge in [-0.15, -0.1) is 0 Å². The second-order valence-electron chi connectivity index (χ2n) is 7.51. The molecule has 0 bridgehead atoms. The molecule has 0 N–H and O–H groups in total. The summed E-state index contributed by atoms with van der Waals surface area (Å²) >= 11 is 0. The molecule has 3 nitrogen and oxygen atoms in total. The molecular weight excluding hydrogens is 274 g/mol. The lowest BCUT2D eigenvalue weighted by molar-refractivity contribution is -0.577. The molecule has 0 amide bonds. The zero-order valence-corrected chi connectivity index (χ0v) is 13.7. The van der Waals surface area contributed by atoms with Gasteiger partial charge in [0.25, 0.3) is 0 Å². The number of benzene rings is 1. The van der Waals surface area contributed by atoms with Crippen LogP contribution in [0, 0.1) is 16.5 Å². The predicted molar refractivity (Wildman–Crippen MR) is 88.7 cm³/mol. The third-order valence-corrected chi connectivity index (χ3v) is 4.94. The minimum absolute atomic E-state index is 0.305. The summed E-state index contributed by atoms with van der Waals surface area (Å²) in [5.74, 6) is 1.67. The molecule has 0 spiro atoms. The van der Waals surface area contributed by atoms with Crippen molar-refractivity contribution in [1.29, 1.82) is 0 Å². The highest BCUT2D eigenvalue weighted by Crippen LogP contribution is 2.38. The zero-order valence-electron chi connectivity index (χ0n) is 13.7. The van der Waals surface area contributed by atoms with Crippen LogP contribution < -0.4 is 9.47 Å². The molecule has 2 aromatic rings. The fraction of sp³-hybridized carbons (Fsp3) is 0.526. The van der Waals surface area contributed by atoms with Crippen molar-refractivity contribution in [2.75, 3.05) is 0 Å². The van der Waals surface area contributed by atoms with Crippen LogP contribution in [0.15, 0.2) is 36.5 Å². The molecule has 0 aliphatic heterocycles. The Bertz CT molecular complexity index is 652. The third kappa shape index (κ3) is 3.18. The summed E-state index contributed by atoms with van der Waals surface area (Å²) < 4.78 is 7.05. The van der Waals surface area contributed by atoms with Gasteiger partial charge in [-0.2, -0.15) is 4.73 Å². The maximum absolute atomic E-state index is 11.7. The molecule has 118 valence electrons. The first-order valence-electron chi connectivity index (χ1n) is 8.22. The fourth-order valence-electron chi connectivity index (χ4n) is 3.48. The lowest BCUT2D eigenvalue weighted by atomic mass is 9.72. The Labute approximate surface area is 132 Å². The summed E-state index contributed by atoms with van der Waals surface area (Å²) in [6.45, 7) is 7.00. The van der Waals surface area contributed by atoms with Crippen LogP contribution in [0.5, 0.6) is 5.75 Å². The lowest BCUT2D eigenvalue weighted by Gasteiger charge is -2.36. The van der Waals surface area contributed by atoms with Crippen LogP contribution in [0.4, 0.5) is 0 Å². The molecule has 22 heavy (non-hydrogen) atoms. The van der Waals surface area contributed by atoms with Crippen LogP contribution in [-0.4, -0.2) is 6.10 Å². The number of pyridine rings is 1. The van der Waals surface area contributed by atoms with Gasteiger partial charge in [-0.05, 0) is 55.2 Å². The second kappa shape index (κ2) is 5.79. The maximum Gasteiger partial charge on any atom is 0.223 e. The third-order valence-electron chi connectivity index (χ3n) is 4.94. The van der Waals surface area contributed by atoms with Crippen LogP contribution in [0.25, 0.3) is 10.9 Å². The molecule has 1 aliphatic carbocycles. The molecule has 0 saturated heterocycles. The van der Waals surface area contributed by atoms with E-state index in [1.807, 2.05) is 24.3 Å². The van der Waals surface area contributed by atoms with E-state index in [4.69, 9.17) is 4.74 Å². The van der Waals surface area contributed by atoms with Gasteiger partial charge < -0.3 is 9.94 Å². The van der Waals surface area contributed by atoms with Crippen molar-refractivity contribution in [1.82, 2.24) is 0 Å². The van der Waals surface area contributed by atoms with Crippen LogP contribution in [-0.2, 0) is 0 Å². The topological polar surface area (TPSA) is 36.2 Å². The van der Waals surface area contributed by atoms with Gasteiger partial charge in [0, 0.05) is 12.1 Å². The van der Waals surface area contributed by atoms with E-state index >= 15 is 0 Å². The highest BCUT2D eigenvalue weighted by molar-refractivity contribution is 5.77. The minimum Gasteiger partial charge on any atom is -0.618 e. The molecular formula is C19H25NO2. The van der Waals surface area contributed by atoms with Gasteiger partial charge in [-0.3, -0.25) is 0 Å². The molecule has 1 fully saturated rings. The summed E-state index contributed by atoms with van der Waals surface area (Å²) in [4.78, 5) is 0. The number of hydrogen-bond acceptors (Lipinski definition) is 2. The van der Waals surface area contributed by atoms with Crippen molar-refractivity contribution in [2.24, 2.45) is 11.3 Å². The van der Waals surface area contributed by atoms with Crippen molar-refractivity contribution < 1.29 is 9.47 Å². The minimum atomic E-state index is 0.305. The average Bonchev–Trinajstić information content (AvgIpc) is 2.47. The highest BCUT2D eigenvalue weighted by Gasteiger charge is 2.30. The van der Waals surface area contributed by atoms with Crippen LogP contribution in [0.2, 0.25) is 0 Å². The van der Waals surface area contributed by atoms with Gasteiger partial charge >= 0.3 is 0 Å². The number of aromatic nitrogens is 1. The van der Waals surface area contributed by atoms with E-state index < -0.39 is 0 Å². The fourth-order valence-corrected chi connectivity index (χ4v) is 3.48. The second-order valence-corrected chi connectivity index (χ2v) is 7.51. The van der Waals surface area contributed by atoms with Crippen LogP contribution >= 0.6 is 0 Å². The Morgan fingerprint density at radius 3 is 2.50 bits per heavy atom. The van der Waals surface area contributed by atoms with E-state index in [0.29, 0.717) is 17.0 Å². The Morgan fingerprint density at radius 1 is 1.09 bits per heavy atom. The first kappa shape index (κ1) is 15.1. The van der Waals surface area contributed by atoms with Gasteiger partial charge in [0.05, 0.1) is 11.5 Å². The van der Waals surface area contributed by atoms with E-state index in [1.54, 1.807) is 6.07 Å². The van der Waals surface area contributed by atoms with E-state index in [2.05, 4.69) is 20.8 Å². The van der Waals surface area contributed by atoms with Gasteiger partial charge in [0.15, 0.2) is 6.20 Å². The molecule has 0 atom stereocenters. The molecule has 1 aliphatic rings. The van der Waals surface area contributed by atoms with Crippen molar-refractivity contribution in [2.45, 2.75) is 52.6 Å². The monoisotopic (exact) mass is 299 g/mol. The van der Waals surface area contributed by atoms with Gasteiger partial charge in [-0.1, -0.05) is 20.8 Å². The molecule has 0 unspecified atom stereocenters. The van der Waals surface area contributed by atoms with E-state index in [0.717, 1.165) is 34.6 Å². The van der Waals surface area contributed by atoms with Gasteiger partial charge in [0.1, 0.15) is 5.75 Å². The number of fused-ring (bicyclic) bond motifs is 1. The predicted octanol–water partition coefficient (Wildman–Crippen LogP) is 4.46. The number of ether oxygens (including phenoxy) is 1. The van der Waals surface area contributed by atoms with E-state index in [9.17, 15) is 5.21 Å². The van der Waals surface area contributed by atoms with Gasteiger partial charge in [-0.25, -0.2) is 0 Å². The summed E-state index contributed by atoms with van der Waals surface area (Å²) in [6, 6.07) is 9.45. The van der Waals surface area contributed by atoms with Crippen molar-refractivity contribution in [3.8, 4) is 5.75 Å². The Balaban J connectivity index is 1.67. The summed E-state index contributed by atoms with van der Waals surface area (Å²) in [5, 5.41) is 12.6. The normalized spacial score (nSPS) is 22.7. The standard InChI is InChI=1S/C19H25NO2/c1-19(2,3)15-6-8-16(9-7-15)22-17-10-11-18-14(13-17)5-4-12-20(18)21/h4-5,10-13,15-16H,6-9H2,1-3H3. The molecule has 1 aromatic heterocycles. The SMILES string of the molecule is CC(C)(C)C1CCC(Oc2ccc3c(ccc[n+]3[O-])c2)CC1. The molecule has 0 radical (unpaired) electrons. The first-order chi connectivity index (χ1) is 10.4. The summed E-state index contributed by atoms with van der Waals surface area (Å²) in [6.07, 6.45) is 6.55. The first-order valence-corrected chi connectivity index (χ1v) is 8.22. The van der Waals surface area contributed by atoms with Crippen molar-refractivity contribution in [3.63, 3.8) is 0 Å². The Kier molecular flexibility index (Phi) is 3.98.